The van der Waals surface area contributed by atoms with Gasteiger partial charge in [-0.1, -0.05) is 55.6 Å². The van der Waals surface area contributed by atoms with E-state index in [9.17, 15) is 18.0 Å². The van der Waals surface area contributed by atoms with Crippen LogP contribution in [0.25, 0.3) is 0 Å². The van der Waals surface area contributed by atoms with Crippen molar-refractivity contribution in [1.82, 2.24) is 5.32 Å². The molecule has 1 N–H and O–H groups in total. The Morgan fingerprint density at radius 3 is 2.47 bits per heavy atom. The molecule has 0 spiro atoms. The van der Waals surface area contributed by atoms with Gasteiger partial charge in [0, 0.05) is 16.6 Å². The Kier molecular flexibility index (Phi) is 6.62. The van der Waals surface area contributed by atoms with Crippen LogP contribution in [0.5, 0.6) is 0 Å². The van der Waals surface area contributed by atoms with Crippen molar-refractivity contribution in [3.05, 3.63) is 88.4 Å². The molecule has 3 aromatic rings. The average molecular weight is 523 g/mol. The summed E-state index contributed by atoms with van der Waals surface area (Å²) in [7, 11) is -4.00. The number of anilines is 1. The van der Waals surface area contributed by atoms with Crippen LogP contribution in [0.1, 0.15) is 58.9 Å². The molecular formula is C28H27ClN2O4S. The first kappa shape index (κ1) is 24.5. The summed E-state index contributed by atoms with van der Waals surface area (Å²) < 4.78 is 27.3. The van der Waals surface area contributed by atoms with Crippen molar-refractivity contribution >= 4 is 38.9 Å². The quantitative estimate of drug-likeness (QED) is 0.480. The Labute approximate surface area is 216 Å². The van der Waals surface area contributed by atoms with E-state index in [-0.39, 0.29) is 39.5 Å². The van der Waals surface area contributed by atoms with E-state index in [1.807, 2.05) is 0 Å². The molecule has 0 aromatic heterocycles. The third-order valence-electron chi connectivity index (χ3n) is 7.14. The standard InChI is InChI=1S/C28H27ClN2O4S/c1-18-6-2-4-8-23(18)30-27(32)20-12-15-26-24(16-20)31(17-19-10-13-21(29)14-11-19)28(33)22-7-3-5-9-25(22)36(26,34)35/h3,5,7,9-16,18,23H,2,4,6,8,17H2,1H3,(H,30,32)/t18-,23+/m0/s1. The van der Waals surface area contributed by atoms with Gasteiger partial charge in [-0.05, 0) is 66.8 Å². The second-order valence-electron chi connectivity index (χ2n) is 9.54. The highest BCUT2D eigenvalue weighted by Crippen LogP contribution is 2.38. The lowest BCUT2D eigenvalue weighted by atomic mass is 9.86. The number of hydrogen-bond donors (Lipinski definition) is 1. The maximum atomic E-state index is 13.7. The van der Waals surface area contributed by atoms with Gasteiger partial charge in [0.1, 0.15) is 0 Å². The van der Waals surface area contributed by atoms with Crippen molar-refractivity contribution in [3.63, 3.8) is 0 Å². The lowest BCUT2D eigenvalue weighted by molar-refractivity contribution is 0.0908. The third-order valence-corrected chi connectivity index (χ3v) is 9.25. The fraction of sp³-hybridized carbons (Fsp3) is 0.286. The molecule has 0 radical (unpaired) electrons. The summed E-state index contributed by atoms with van der Waals surface area (Å²) in [6, 6.07) is 17.8. The van der Waals surface area contributed by atoms with Crippen molar-refractivity contribution in [2.75, 3.05) is 4.90 Å². The van der Waals surface area contributed by atoms with Crippen molar-refractivity contribution in [3.8, 4) is 0 Å². The molecule has 0 unspecified atom stereocenters. The van der Waals surface area contributed by atoms with Gasteiger partial charge >= 0.3 is 0 Å². The first-order valence-corrected chi connectivity index (χ1v) is 14.0. The second kappa shape index (κ2) is 9.71. The molecule has 1 saturated carbocycles. The number of hydrogen-bond acceptors (Lipinski definition) is 4. The van der Waals surface area contributed by atoms with Crippen molar-refractivity contribution < 1.29 is 18.0 Å². The van der Waals surface area contributed by atoms with Gasteiger partial charge in [0.2, 0.25) is 9.84 Å². The van der Waals surface area contributed by atoms with Crippen LogP contribution in [0.3, 0.4) is 0 Å². The van der Waals surface area contributed by atoms with Crippen molar-refractivity contribution in [2.45, 2.75) is 55.0 Å². The number of fused-ring (bicyclic) bond motifs is 2. The molecule has 36 heavy (non-hydrogen) atoms. The summed E-state index contributed by atoms with van der Waals surface area (Å²) in [5, 5.41) is 3.68. The summed E-state index contributed by atoms with van der Waals surface area (Å²) in [4.78, 5) is 28.3. The number of sulfone groups is 1. The number of halogens is 1. The minimum absolute atomic E-state index is 0.00246. The van der Waals surface area contributed by atoms with E-state index < -0.39 is 15.7 Å². The van der Waals surface area contributed by atoms with E-state index in [0.29, 0.717) is 16.5 Å². The van der Waals surface area contributed by atoms with Crippen LogP contribution in [-0.2, 0) is 16.4 Å². The maximum absolute atomic E-state index is 13.7. The zero-order valence-corrected chi connectivity index (χ0v) is 21.5. The number of nitrogens with zero attached hydrogens (tertiary/aromatic N) is 1. The third kappa shape index (κ3) is 4.53. The van der Waals surface area contributed by atoms with E-state index in [0.717, 1.165) is 31.2 Å². The molecule has 186 valence electrons. The molecule has 8 heteroatoms. The smallest absolute Gasteiger partial charge is 0.259 e. The van der Waals surface area contributed by atoms with Gasteiger partial charge in [-0.15, -0.1) is 0 Å². The first-order valence-electron chi connectivity index (χ1n) is 12.1. The largest absolute Gasteiger partial charge is 0.349 e. The summed E-state index contributed by atoms with van der Waals surface area (Å²) in [5.74, 6) is -0.336. The van der Waals surface area contributed by atoms with Crippen molar-refractivity contribution in [2.24, 2.45) is 5.92 Å². The topological polar surface area (TPSA) is 83.6 Å². The summed E-state index contributed by atoms with van der Waals surface area (Å²) in [6.45, 7) is 2.26. The number of carbonyl (C=O) groups is 2. The molecule has 0 bridgehead atoms. The number of rotatable bonds is 4. The van der Waals surface area contributed by atoms with Gasteiger partial charge < -0.3 is 10.2 Å². The number of nitrogens with one attached hydrogen (secondary N) is 1. The molecule has 1 aliphatic heterocycles. The van der Waals surface area contributed by atoms with E-state index in [1.54, 1.807) is 36.4 Å². The molecule has 3 aromatic carbocycles. The summed E-state index contributed by atoms with van der Waals surface area (Å²) in [6.07, 6.45) is 4.21. The normalized spacial score (nSPS) is 20.7. The molecule has 1 fully saturated rings. The van der Waals surface area contributed by atoms with Gasteiger partial charge in [-0.25, -0.2) is 8.42 Å². The van der Waals surface area contributed by atoms with Gasteiger partial charge in [0.15, 0.2) is 0 Å². The molecule has 5 rings (SSSR count). The van der Waals surface area contributed by atoms with Gasteiger partial charge in [0.25, 0.3) is 11.8 Å². The molecule has 0 saturated heterocycles. The van der Waals surface area contributed by atoms with E-state index >= 15 is 0 Å². The fourth-order valence-electron chi connectivity index (χ4n) is 5.06. The highest BCUT2D eigenvalue weighted by Gasteiger charge is 2.36. The summed E-state index contributed by atoms with van der Waals surface area (Å²) >= 11 is 6.04. The zero-order chi connectivity index (χ0) is 25.4. The highest BCUT2D eigenvalue weighted by atomic mass is 35.5. The SMILES string of the molecule is C[C@H]1CCCC[C@H]1NC(=O)c1ccc2c(c1)N(Cc1ccc(Cl)cc1)C(=O)c1ccccc1S2(=O)=O. The second-order valence-corrected chi connectivity index (χ2v) is 11.9. The Morgan fingerprint density at radius 1 is 1.00 bits per heavy atom. The highest BCUT2D eigenvalue weighted by molar-refractivity contribution is 7.91. The Bertz CT molecular complexity index is 1440. The van der Waals surface area contributed by atoms with Gasteiger partial charge in [-0.3, -0.25) is 9.59 Å². The molecule has 2 atom stereocenters. The van der Waals surface area contributed by atoms with Crippen LogP contribution in [0.2, 0.25) is 5.02 Å². The minimum Gasteiger partial charge on any atom is -0.349 e. The Morgan fingerprint density at radius 2 is 1.72 bits per heavy atom. The molecule has 2 amide bonds. The molecule has 1 aliphatic carbocycles. The zero-order valence-electron chi connectivity index (χ0n) is 19.9. The number of benzene rings is 3. The van der Waals surface area contributed by atoms with Gasteiger partial charge in [0.05, 0.1) is 27.6 Å². The predicted octanol–water partition coefficient (Wildman–Crippen LogP) is 5.64. The number of amides is 2. The Balaban J connectivity index is 1.60. The summed E-state index contributed by atoms with van der Waals surface area (Å²) in [5.41, 5.74) is 1.39. The Hall–Kier alpha value is -3.16. The van der Waals surface area contributed by atoms with Crippen LogP contribution in [0.15, 0.2) is 76.5 Å². The molecule has 2 aliphatic rings. The van der Waals surface area contributed by atoms with Crippen LogP contribution in [0, 0.1) is 5.92 Å². The van der Waals surface area contributed by atoms with E-state index in [2.05, 4.69) is 12.2 Å². The van der Waals surface area contributed by atoms with Crippen LogP contribution < -0.4 is 10.2 Å². The first-order chi connectivity index (χ1) is 17.3. The lowest BCUT2D eigenvalue weighted by Gasteiger charge is -2.29. The monoisotopic (exact) mass is 522 g/mol. The van der Waals surface area contributed by atoms with Crippen molar-refractivity contribution in [1.29, 1.82) is 0 Å². The fourth-order valence-corrected chi connectivity index (χ4v) is 6.82. The molecule has 6 nitrogen and oxygen atoms in total. The molecular weight excluding hydrogens is 496 g/mol. The van der Waals surface area contributed by atoms with Gasteiger partial charge in [-0.2, -0.15) is 0 Å². The van der Waals surface area contributed by atoms with Crippen LogP contribution in [0.4, 0.5) is 5.69 Å². The van der Waals surface area contributed by atoms with Crippen LogP contribution >= 0.6 is 11.6 Å². The lowest BCUT2D eigenvalue weighted by Crippen LogP contribution is -2.41. The predicted molar refractivity (Wildman–Crippen MR) is 139 cm³/mol. The average Bonchev–Trinajstić information content (AvgIpc) is 2.94. The molecule has 1 heterocycles. The van der Waals surface area contributed by atoms with E-state index in [4.69, 9.17) is 11.6 Å². The maximum Gasteiger partial charge on any atom is 0.259 e. The minimum atomic E-state index is -4.00. The van der Waals surface area contributed by atoms with Crippen LogP contribution in [-0.4, -0.2) is 26.3 Å². The number of carbonyl (C=O) groups excluding carboxylic acids is 2. The van der Waals surface area contributed by atoms with E-state index in [1.165, 1.54) is 35.2 Å².